The van der Waals surface area contributed by atoms with Gasteiger partial charge in [-0.3, -0.25) is 0 Å². The molecule has 164 valence electrons. The van der Waals surface area contributed by atoms with Crippen LogP contribution in [0.25, 0.3) is 0 Å². The van der Waals surface area contributed by atoms with E-state index in [0.29, 0.717) is 16.2 Å². The first-order valence-electron chi connectivity index (χ1n) is 12.6. The van der Waals surface area contributed by atoms with Crippen molar-refractivity contribution in [1.82, 2.24) is 0 Å². The molecule has 8 atom stereocenters. The zero-order valence-electron chi connectivity index (χ0n) is 20.1. The molecular formula is C28H46O. The van der Waals surface area contributed by atoms with Crippen LogP contribution in [-0.2, 0) is 0 Å². The van der Waals surface area contributed by atoms with Crippen molar-refractivity contribution in [1.29, 1.82) is 0 Å². The van der Waals surface area contributed by atoms with Gasteiger partial charge >= 0.3 is 0 Å². The predicted molar refractivity (Wildman–Crippen MR) is 124 cm³/mol. The Labute approximate surface area is 180 Å². The quantitative estimate of drug-likeness (QED) is 0.481. The summed E-state index contributed by atoms with van der Waals surface area (Å²) < 4.78 is 0. The molecule has 0 aliphatic heterocycles. The maximum absolute atomic E-state index is 10.3. The Morgan fingerprint density at radius 3 is 2.55 bits per heavy atom. The highest BCUT2D eigenvalue weighted by Gasteiger charge is 2.63. The minimum atomic E-state index is -0.0925. The van der Waals surface area contributed by atoms with Gasteiger partial charge in [0.15, 0.2) is 0 Å². The number of hydrogen-bond acceptors (Lipinski definition) is 1. The van der Waals surface area contributed by atoms with Crippen LogP contribution in [0, 0.1) is 39.9 Å². The largest absolute Gasteiger partial charge is 0.393 e. The van der Waals surface area contributed by atoms with E-state index in [1.807, 2.05) is 0 Å². The van der Waals surface area contributed by atoms with E-state index in [9.17, 15) is 5.11 Å². The maximum atomic E-state index is 10.3. The van der Waals surface area contributed by atoms with Crippen molar-refractivity contribution in [2.45, 2.75) is 112 Å². The van der Waals surface area contributed by atoms with Gasteiger partial charge in [-0.25, -0.2) is 0 Å². The third kappa shape index (κ3) is 3.38. The first kappa shape index (κ1) is 21.7. The van der Waals surface area contributed by atoms with Crippen LogP contribution >= 0.6 is 0 Å². The molecule has 0 radical (unpaired) electrons. The van der Waals surface area contributed by atoms with Crippen LogP contribution < -0.4 is 0 Å². The van der Waals surface area contributed by atoms with Gasteiger partial charge in [-0.15, -0.1) is 0 Å². The van der Waals surface area contributed by atoms with E-state index in [1.165, 1.54) is 56.9 Å². The Morgan fingerprint density at radius 1 is 1.07 bits per heavy atom. The van der Waals surface area contributed by atoms with Gasteiger partial charge in [0.1, 0.15) is 0 Å². The molecular weight excluding hydrogens is 352 g/mol. The van der Waals surface area contributed by atoms with Gasteiger partial charge in [0, 0.05) is 0 Å². The summed E-state index contributed by atoms with van der Waals surface area (Å²) in [4.78, 5) is 0. The van der Waals surface area contributed by atoms with Crippen LogP contribution in [-0.4, -0.2) is 11.2 Å². The van der Waals surface area contributed by atoms with E-state index in [1.54, 1.807) is 5.57 Å². The molecule has 29 heavy (non-hydrogen) atoms. The van der Waals surface area contributed by atoms with Crippen molar-refractivity contribution in [3.8, 4) is 0 Å². The second-order valence-electron chi connectivity index (χ2n) is 12.4. The predicted octanol–water partition coefficient (Wildman–Crippen LogP) is 7.70. The van der Waals surface area contributed by atoms with Crippen molar-refractivity contribution >= 4 is 0 Å². The summed E-state index contributed by atoms with van der Waals surface area (Å²) in [5, 5.41) is 10.3. The zero-order valence-corrected chi connectivity index (χ0v) is 20.1. The lowest BCUT2D eigenvalue weighted by atomic mass is 9.41. The van der Waals surface area contributed by atoms with E-state index < -0.39 is 0 Å². The van der Waals surface area contributed by atoms with Gasteiger partial charge in [-0.2, -0.15) is 0 Å². The van der Waals surface area contributed by atoms with Crippen molar-refractivity contribution < 1.29 is 5.11 Å². The molecule has 1 nitrogen and oxygen atoms in total. The number of allylic oxidation sites excluding steroid dienone is 3. The molecule has 4 aliphatic carbocycles. The number of rotatable bonds is 4. The Kier molecular flexibility index (Phi) is 5.63. The smallest absolute Gasteiger partial charge is 0.0577 e. The molecule has 0 aromatic carbocycles. The second kappa shape index (κ2) is 7.54. The number of fused-ring (bicyclic) bond motifs is 5. The molecule has 0 aromatic heterocycles. The van der Waals surface area contributed by atoms with E-state index in [2.05, 4.69) is 53.7 Å². The van der Waals surface area contributed by atoms with E-state index in [-0.39, 0.29) is 6.10 Å². The highest BCUT2D eigenvalue weighted by molar-refractivity contribution is 5.28. The maximum Gasteiger partial charge on any atom is 0.0577 e. The molecule has 0 heterocycles. The average Bonchev–Trinajstić information content (AvgIpc) is 3.00. The van der Waals surface area contributed by atoms with Crippen LogP contribution in [0.2, 0.25) is 0 Å². The number of aliphatic hydroxyl groups excluding tert-OH is 1. The van der Waals surface area contributed by atoms with Crippen LogP contribution in [0.4, 0.5) is 0 Å². The van der Waals surface area contributed by atoms with Gasteiger partial charge in [0.2, 0.25) is 0 Å². The third-order valence-electron chi connectivity index (χ3n) is 10.6. The Hall–Kier alpha value is -0.560. The third-order valence-corrected chi connectivity index (χ3v) is 10.6. The van der Waals surface area contributed by atoms with E-state index >= 15 is 0 Å². The number of hydrogen-bond donors (Lipinski definition) is 1. The van der Waals surface area contributed by atoms with E-state index in [0.717, 1.165) is 36.5 Å². The molecule has 1 heteroatoms. The molecule has 4 rings (SSSR count). The van der Waals surface area contributed by atoms with Gasteiger partial charge in [0.05, 0.1) is 6.10 Å². The van der Waals surface area contributed by atoms with Crippen molar-refractivity contribution in [3.05, 3.63) is 23.3 Å². The van der Waals surface area contributed by atoms with Gasteiger partial charge in [-0.05, 0) is 118 Å². The summed E-state index contributed by atoms with van der Waals surface area (Å²) in [7, 11) is 0. The fourth-order valence-electron chi connectivity index (χ4n) is 9.11. The molecule has 0 amide bonds. The highest BCUT2D eigenvalue weighted by Crippen LogP contribution is 2.71. The van der Waals surface area contributed by atoms with Crippen LogP contribution in [0.15, 0.2) is 23.3 Å². The van der Waals surface area contributed by atoms with Crippen LogP contribution in [0.1, 0.15) is 106 Å². The summed E-state index contributed by atoms with van der Waals surface area (Å²) in [5.41, 5.74) is 4.41. The SMILES string of the molecule is CC(C)=CCC[C@@H](C)[C@H]1CC[C@@H]2[C@]1(C)CC[C@H]1[C@@]2(C)CC=C2C[C@@H](O)CC[C@@]21C. The molecule has 1 N–H and O–H groups in total. The second-order valence-corrected chi connectivity index (χ2v) is 12.4. The van der Waals surface area contributed by atoms with Crippen molar-refractivity contribution in [2.75, 3.05) is 0 Å². The summed E-state index contributed by atoms with van der Waals surface area (Å²) in [6, 6.07) is 0. The lowest BCUT2D eigenvalue weighted by Gasteiger charge is -2.63. The molecule has 0 unspecified atom stereocenters. The first-order chi connectivity index (χ1) is 13.6. The Balaban J connectivity index is 1.57. The monoisotopic (exact) mass is 398 g/mol. The molecule has 4 aliphatic rings. The fraction of sp³-hybridized carbons (Fsp3) is 0.857. The normalized spacial score (nSPS) is 47.5. The average molecular weight is 399 g/mol. The molecule has 3 fully saturated rings. The zero-order chi connectivity index (χ0) is 21.0. The minimum absolute atomic E-state index is 0.0925. The summed E-state index contributed by atoms with van der Waals surface area (Å²) in [5.74, 6) is 3.45. The first-order valence-corrected chi connectivity index (χ1v) is 12.6. The van der Waals surface area contributed by atoms with Gasteiger partial charge in [0.25, 0.3) is 0 Å². The molecule has 3 saturated carbocycles. The Bertz CT molecular complexity index is 684. The van der Waals surface area contributed by atoms with E-state index in [4.69, 9.17) is 0 Å². The summed E-state index contributed by atoms with van der Waals surface area (Å²) in [6.45, 7) is 14.9. The lowest BCUT2D eigenvalue weighted by molar-refractivity contribution is -0.114. The molecule has 0 spiro atoms. The fourth-order valence-corrected chi connectivity index (χ4v) is 9.11. The van der Waals surface area contributed by atoms with Crippen molar-refractivity contribution in [2.24, 2.45) is 39.9 Å². The standard InChI is InChI=1S/C28H46O/c1-19(2)8-7-9-20(3)23-10-11-24-27(23,5)17-14-25-26(4)16-13-22(29)18-21(26)12-15-28(24,25)6/h8,12,20,22-25,29H,7,9-11,13-18H2,1-6H3/t20-,22+,23-,24-,25-,26+,27-,28+/m1/s1. The molecule has 0 saturated heterocycles. The topological polar surface area (TPSA) is 20.2 Å². The van der Waals surface area contributed by atoms with Gasteiger partial charge < -0.3 is 5.11 Å². The lowest BCUT2D eigenvalue weighted by Crippen LogP contribution is -2.56. The summed E-state index contributed by atoms with van der Waals surface area (Å²) in [6.07, 6.45) is 17.7. The molecule has 0 bridgehead atoms. The van der Waals surface area contributed by atoms with Crippen molar-refractivity contribution in [3.63, 3.8) is 0 Å². The number of aliphatic hydroxyl groups is 1. The minimum Gasteiger partial charge on any atom is -0.393 e. The van der Waals surface area contributed by atoms with Crippen LogP contribution in [0.3, 0.4) is 0 Å². The van der Waals surface area contributed by atoms with Crippen LogP contribution in [0.5, 0.6) is 0 Å². The molecule has 0 aromatic rings. The van der Waals surface area contributed by atoms with Gasteiger partial charge in [-0.1, -0.05) is 51.0 Å². The Morgan fingerprint density at radius 2 is 1.83 bits per heavy atom. The summed E-state index contributed by atoms with van der Waals surface area (Å²) >= 11 is 0. The highest BCUT2D eigenvalue weighted by atomic mass is 16.3.